The van der Waals surface area contributed by atoms with Crippen LogP contribution >= 0.6 is 0 Å². The molecular formula is C18H19F3N2O3. The Labute approximate surface area is 148 Å². The molecule has 26 heavy (non-hydrogen) atoms. The highest BCUT2D eigenvalue weighted by Crippen LogP contribution is 2.38. The largest absolute Gasteiger partial charge is 0.492 e. The number of hydrogen-bond acceptors (Lipinski definition) is 4. The van der Waals surface area contributed by atoms with Gasteiger partial charge >= 0.3 is 6.18 Å². The van der Waals surface area contributed by atoms with E-state index >= 15 is 0 Å². The van der Waals surface area contributed by atoms with Crippen LogP contribution in [0.1, 0.15) is 48.7 Å². The van der Waals surface area contributed by atoms with Crippen molar-refractivity contribution in [3.8, 4) is 5.75 Å². The summed E-state index contributed by atoms with van der Waals surface area (Å²) in [5.74, 6) is -1.29. The summed E-state index contributed by atoms with van der Waals surface area (Å²) in [6.07, 6.45) is -1.10. The van der Waals surface area contributed by atoms with Crippen LogP contribution in [0.15, 0.2) is 18.3 Å². The molecule has 1 aromatic carbocycles. The average Bonchev–Trinajstić information content (AvgIpc) is 2.98. The standard InChI is InChI=1S/C18H19F3N2O3/c19-18(20,21)9-11-6-8-26-17-12(16(11)24)4-5-14-13(17)10-22-23(14)15-3-1-2-7-25-15/h4-5,10-11,15H,1-3,6-9H2. The molecule has 3 heterocycles. The van der Waals surface area contributed by atoms with Crippen molar-refractivity contribution in [1.82, 2.24) is 9.78 Å². The topological polar surface area (TPSA) is 53.4 Å². The second kappa shape index (κ2) is 6.57. The van der Waals surface area contributed by atoms with Crippen molar-refractivity contribution < 1.29 is 27.4 Å². The Morgan fingerprint density at radius 2 is 2.04 bits per heavy atom. The summed E-state index contributed by atoms with van der Waals surface area (Å²) in [4.78, 5) is 12.6. The van der Waals surface area contributed by atoms with Crippen molar-refractivity contribution in [2.45, 2.75) is 44.5 Å². The number of carbonyl (C=O) groups is 1. The third kappa shape index (κ3) is 3.18. The minimum absolute atomic E-state index is 0.0500. The fourth-order valence-electron chi connectivity index (χ4n) is 3.72. The summed E-state index contributed by atoms with van der Waals surface area (Å²) in [5, 5.41) is 5.02. The van der Waals surface area contributed by atoms with Crippen molar-refractivity contribution in [3.05, 3.63) is 23.9 Å². The number of Topliss-reactive ketones (excluding diaryl/α,β-unsaturated/α-hetero) is 1. The number of ketones is 1. The van der Waals surface area contributed by atoms with Crippen LogP contribution < -0.4 is 4.74 Å². The lowest BCUT2D eigenvalue weighted by molar-refractivity contribution is -0.141. The monoisotopic (exact) mass is 368 g/mol. The van der Waals surface area contributed by atoms with E-state index in [-0.39, 0.29) is 24.8 Å². The first-order valence-corrected chi connectivity index (χ1v) is 8.79. The molecule has 0 amide bonds. The van der Waals surface area contributed by atoms with Crippen molar-refractivity contribution in [2.75, 3.05) is 13.2 Å². The molecule has 2 aliphatic rings. The highest BCUT2D eigenvalue weighted by Gasteiger charge is 2.38. The first kappa shape index (κ1) is 17.3. The SMILES string of the molecule is O=C1c2ccc3c(cnn3C3CCCCO3)c2OCCC1CC(F)(F)F. The lowest BCUT2D eigenvalue weighted by atomic mass is 9.91. The van der Waals surface area contributed by atoms with E-state index in [0.717, 1.165) is 24.8 Å². The minimum atomic E-state index is -4.38. The summed E-state index contributed by atoms with van der Waals surface area (Å²) < 4.78 is 51.5. The van der Waals surface area contributed by atoms with Crippen LogP contribution in [-0.2, 0) is 4.74 Å². The molecular weight excluding hydrogens is 349 g/mol. The minimum Gasteiger partial charge on any atom is -0.492 e. The molecule has 2 aromatic rings. The predicted octanol–water partition coefficient (Wildman–Crippen LogP) is 4.27. The van der Waals surface area contributed by atoms with E-state index in [4.69, 9.17) is 9.47 Å². The zero-order chi connectivity index (χ0) is 18.3. The molecule has 2 unspecified atom stereocenters. The van der Waals surface area contributed by atoms with Gasteiger partial charge in [0.25, 0.3) is 0 Å². The predicted molar refractivity (Wildman–Crippen MR) is 87.2 cm³/mol. The Morgan fingerprint density at radius 3 is 2.77 bits per heavy atom. The van der Waals surface area contributed by atoms with Crippen molar-refractivity contribution in [2.24, 2.45) is 5.92 Å². The molecule has 5 nitrogen and oxygen atoms in total. The fourth-order valence-corrected chi connectivity index (χ4v) is 3.72. The number of alkyl halides is 3. The van der Waals surface area contributed by atoms with Gasteiger partial charge in [-0.15, -0.1) is 0 Å². The highest BCUT2D eigenvalue weighted by atomic mass is 19.4. The molecule has 0 radical (unpaired) electrons. The number of benzene rings is 1. The van der Waals surface area contributed by atoms with Crippen molar-refractivity contribution in [1.29, 1.82) is 0 Å². The molecule has 140 valence electrons. The van der Waals surface area contributed by atoms with Gasteiger partial charge in [0.05, 0.1) is 35.7 Å². The number of carbonyl (C=O) groups excluding carboxylic acids is 1. The number of rotatable bonds is 2. The van der Waals surface area contributed by atoms with Gasteiger partial charge in [-0.3, -0.25) is 4.79 Å². The average molecular weight is 368 g/mol. The number of fused-ring (bicyclic) bond motifs is 3. The smallest absolute Gasteiger partial charge is 0.389 e. The summed E-state index contributed by atoms with van der Waals surface area (Å²) in [7, 11) is 0. The van der Waals surface area contributed by atoms with E-state index in [0.29, 0.717) is 17.7 Å². The highest BCUT2D eigenvalue weighted by molar-refractivity contribution is 6.05. The Hall–Kier alpha value is -2.09. The number of halogens is 3. The second-order valence-electron chi connectivity index (χ2n) is 6.80. The molecule has 0 aliphatic carbocycles. The molecule has 8 heteroatoms. The third-order valence-corrected chi connectivity index (χ3v) is 4.99. The molecule has 2 aliphatic heterocycles. The van der Waals surface area contributed by atoms with E-state index in [2.05, 4.69) is 5.10 Å². The van der Waals surface area contributed by atoms with Gasteiger partial charge < -0.3 is 9.47 Å². The molecule has 0 bridgehead atoms. The Balaban J connectivity index is 1.71. The number of aromatic nitrogens is 2. The first-order valence-electron chi connectivity index (χ1n) is 8.79. The maximum absolute atomic E-state index is 12.8. The molecule has 0 saturated carbocycles. The van der Waals surface area contributed by atoms with Crippen molar-refractivity contribution >= 4 is 16.7 Å². The number of nitrogens with zero attached hydrogens (tertiary/aromatic N) is 2. The lowest BCUT2D eigenvalue weighted by Gasteiger charge is -2.23. The second-order valence-corrected chi connectivity index (χ2v) is 6.80. The van der Waals surface area contributed by atoms with E-state index in [1.165, 1.54) is 0 Å². The van der Waals surface area contributed by atoms with Crippen LogP contribution in [0.25, 0.3) is 10.9 Å². The molecule has 1 saturated heterocycles. The molecule has 4 rings (SSSR count). The van der Waals surface area contributed by atoms with Crippen LogP contribution in [0.2, 0.25) is 0 Å². The van der Waals surface area contributed by atoms with Gasteiger partial charge in [0.15, 0.2) is 12.0 Å². The summed E-state index contributed by atoms with van der Waals surface area (Å²) >= 11 is 0. The van der Waals surface area contributed by atoms with E-state index < -0.39 is 24.3 Å². The van der Waals surface area contributed by atoms with Gasteiger partial charge in [-0.05, 0) is 37.8 Å². The summed E-state index contributed by atoms with van der Waals surface area (Å²) in [5.41, 5.74) is 0.964. The zero-order valence-electron chi connectivity index (χ0n) is 14.1. The quantitative estimate of drug-likeness (QED) is 0.794. The van der Waals surface area contributed by atoms with Crippen molar-refractivity contribution in [3.63, 3.8) is 0 Å². The van der Waals surface area contributed by atoms with Crippen LogP contribution in [0.3, 0.4) is 0 Å². The maximum Gasteiger partial charge on any atom is 0.389 e. The number of ether oxygens (including phenoxy) is 2. The third-order valence-electron chi connectivity index (χ3n) is 4.99. The summed E-state index contributed by atoms with van der Waals surface area (Å²) in [6.45, 7) is 0.745. The molecule has 1 fully saturated rings. The van der Waals surface area contributed by atoms with Gasteiger partial charge in [0, 0.05) is 12.5 Å². The van der Waals surface area contributed by atoms with Crippen LogP contribution in [0.5, 0.6) is 5.75 Å². The van der Waals surface area contributed by atoms with Crippen LogP contribution in [0.4, 0.5) is 13.2 Å². The van der Waals surface area contributed by atoms with Gasteiger partial charge in [-0.2, -0.15) is 18.3 Å². The molecule has 0 N–H and O–H groups in total. The normalized spacial score (nSPS) is 24.2. The van der Waals surface area contributed by atoms with Gasteiger partial charge in [0.1, 0.15) is 5.75 Å². The van der Waals surface area contributed by atoms with Crippen LogP contribution in [-0.4, -0.2) is 35.0 Å². The van der Waals surface area contributed by atoms with Gasteiger partial charge in [-0.25, -0.2) is 4.68 Å². The molecule has 2 atom stereocenters. The van der Waals surface area contributed by atoms with E-state index in [1.807, 2.05) is 0 Å². The van der Waals surface area contributed by atoms with E-state index in [9.17, 15) is 18.0 Å². The van der Waals surface area contributed by atoms with E-state index in [1.54, 1.807) is 23.0 Å². The molecule has 1 aromatic heterocycles. The lowest BCUT2D eigenvalue weighted by Crippen LogP contribution is -2.22. The van der Waals surface area contributed by atoms with Gasteiger partial charge in [-0.1, -0.05) is 0 Å². The fraction of sp³-hybridized carbons (Fsp3) is 0.556. The maximum atomic E-state index is 12.8. The van der Waals surface area contributed by atoms with Gasteiger partial charge in [0.2, 0.25) is 0 Å². The van der Waals surface area contributed by atoms with Crippen LogP contribution in [0, 0.1) is 5.92 Å². The molecule has 0 spiro atoms. The first-order chi connectivity index (χ1) is 12.4. The zero-order valence-corrected chi connectivity index (χ0v) is 14.1. The Bertz CT molecular complexity index is 825. The summed E-state index contributed by atoms with van der Waals surface area (Å²) in [6, 6.07) is 3.27. The Morgan fingerprint density at radius 1 is 1.19 bits per heavy atom. The Kier molecular flexibility index (Phi) is 4.38. The number of hydrogen-bond donors (Lipinski definition) is 0.